The van der Waals surface area contributed by atoms with Crippen molar-refractivity contribution in [3.63, 3.8) is 0 Å². The smallest absolute Gasteiger partial charge is 0.305 e. The quantitative estimate of drug-likeness (QED) is 0.408. The first kappa shape index (κ1) is 20.3. The number of fused-ring (bicyclic) bond motifs is 1. The van der Waals surface area contributed by atoms with Crippen molar-refractivity contribution in [3.05, 3.63) is 75.6 Å². The molecular weight excluding hydrogens is 487 g/mol. The third-order valence-electron chi connectivity index (χ3n) is 4.08. The van der Waals surface area contributed by atoms with Crippen LogP contribution < -0.4 is 5.32 Å². The van der Waals surface area contributed by atoms with Gasteiger partial charge in [-0.05, 0) is 34.1 Å². The number of nitrogens with zero attached hydrogens (tertiary/aromatic N) is 4. The Labute approximate surface area is 180 Å². The van der Waals surface area contributed by atoms with E-state index >= 15 is 0 Å². The van der Waals surface area contributed by atoms with Crippen molar-refractivity contribution in [2.24, 2.45) is 0 Å². The van der Waals surface area contributed by atoms with E-state index in [1.54, 1.807) is 36.4 Å². The van der Waals surface area contributed by atoms with Gasteiger partial charge in [0.25, 0.3) is 5.91 Å². The predicted molar refractivity (Wildman–Crippen MR) is 108 cm³/mol. The molecule has 0 fully saturated rings. The van der Waals surface area contributed by atoms with Crippen LogP contribution in [0, 0.1) is 0 Å². The summed E-state index contributed by atoms with van der Waals surface area (Å²) in [6, 6.07) is 12.3. The number of alkyl halides is 3. The fourth-order valence-electron chi connectivity index (χ4n) is 2.72. The number of anilines is 1. The molecule has 3 heterocycles. The van der Waals surface area contributed by atoms with Gasteiger partial charge in [-0.25, -0.2) is 14.5 Å². The number of hydrogen-bond donors (Lipinski definition) is 1. The SMILES string of the molecule is O=C(Nc1ccc(Br)cn1)c1nn2c(C(F)(F)F)cc(-c3ccccc3)nc2c1Cl. The molecule has 0 spiro atoms. The Hall–Kier alpha value is -2.98. The van der Waals surface area contributed by atoms with Gasteiger partial charge in [-0.2, -0.15) is 18.3 Å². The van der Waals surface area contributed by atoms with Crippen molar-refractivity contribution in [2.45, 2.75) is 6.18 Å². The van der Waals surface area contributed by atoms with E-state index in [4.69, 9.17) is 11.6 Å². The lowest BCUT2D eigenvalue weighted by molar-refractivity contribution is -0.142. The summed E-state index contributed by atoms with van der Waals surface area (Å²) in [6.07, 6.45) is -3.29. The molecule has 0 aliphatic heterocycles. The Kier molecular flexibility index (Phi) is 5.20. The van der Waals surface area contributed by atoms with Gasteiger partial charge in [0, 0.05) is 16.2 Å². The third-order valence-corrected chi connectivity index (χ3v) is 4.89. The highest BCUT2D eigenvalue weighted by atomic mass is 79.9. The first-order chi connectivity index (χ1) is 14.2. The minimum absolute atomic E-state index is 0.0544. The molecule has 0 saturated heterocycles. The summed E-state index contributed by atoms with van der Waals surface area (Å²) in [5, 5.41) is 5.93. The minimum Gasteiger partial charge on any atom is -0.305 e. The average Bonchev–Trinajstić information content (AvgIpc) is 3.05. The van der Waals surface area contributed by atoms with Gasteiger partial charge in [0.05, 0.1) is 5.69 Å². The standard InChI is InChI=1S/C19H10BrClF3N5O/c20-11-6-7-14(25-9-11)27-18(30)16-15(21)17-26-12(10-4-2-1-3-5-10)8-13(19(22,23)24)29(17)28-16/h1-9H,(H,25,27,30). The topological polar surface area (TPSA) is 72.2 Å². The van der Waals surface area contributed by atoms with Crippen LogP contribution in [0.3, 0.4) is 0 Å². The van der Waals surface area contributed by atoms with Gasteiger partial charge in [0.1, 0.15) is 10.8 Å². The molecule has 4 rings (SSSR count). The second kappa shape index (κ2) is 7.69. The van der Waals surface area contributed by atoms with Crippen LogP contribution in [-0.2, 0) is 6.18 Å². The molecule has 4 aromatic rings. The Balaban J connectivity index is 1.84. The zero-order chi connectivity index (χ0) is 21.5. The lowest BCUT2D eigenvalue weighted by Gasteiger charge is -2.11. The second-order valence-electron chi connectivity index (χ2n) is 6.10. The summed E-state index contributed by atoms with van der Waals surface area (Å²) in [4.78, 5) is 20.8. The Morgan fingerprint density at radius 2 is 1.87 bits per heavy atom. The van der Waals surface area contributed by atoms with Gasteiger partial charge in [-0.15, -0.1) is 0 Å². The zero-order valence-corrected chi connectivity index (χ0v) is 17.1. The lowest BCUT2D eigenvalue weighted by atomic mass is 10.1. The summed E-state index contributed by atoms with van der Waals surface area (Å²) < 4.78 is 42.3. The van der Waals surface area contributed by atoms with Crippen molar-refractivity contribution < 1.29 is 18.0 Å². The Bertz CT molecular complexity index is 1240. The van der Waals surface area contributed by atoms with Crippen LogP contribution in [0.1, 0.15) is 16.2 Å². The highest BCUT2D eigenvalue weighted by Crippen LogP contribution is 2.34. The molecule has 0 bridgehead atoms. The summed E-state index contributed by atoms with van der Waals surface area (Å²) in [5.41, 5.74) is -1.26. The summed E-state index contributed by atoms with van der Waals surface area (Å²) in [5.74, 6) is -0.625. The van der Waals surface area contributed by atoms with Gasteiger partial charge in [-0.3, -0.25) is 4.79 Å². The number of carbonyl (C=O) groups is 1. The van der Waals surface area contributed by atoms with E-state index in [-0.39, 0.29) is 22.2 Å². The number of carbonyl (C=O) groups excluding carboxylic acids is 1. The molecule has 0 atom stereocenters. The van der Waals surface area contributed by atoms with Gasteiger partial charge in [0.15, 0.2) is 17.0 Å². The lowest BCUT2D eigenvalue weighted by Crippen LogP contribution is -2.16. The largest absolute Gasteiger partial charge is 0.433 e. The van der Waals surface area contributed by atoms with E-state index in [2.05, 4.69) is 36.3 Å². The molecule has 0 unspecified atom stereocenters. The molecule has 6 nitrogen and oxygen atoms in total. The first-order valence-corrected chi connectivity index (χ1v) is 9.56. The molecule has 3 aromatic heterocycles. The number of amides is 1. The summed E-state index contributed by atoms with van der Waals surface area (Å²) >= 11 is 9.44. The number of nitrogens with one attached hydrogen (secondary N) is 1. The van der Waals surface area contributed by atoms with Gasteiger partial charge in [-0.1, -0.05) is 41.9 Å². The molecular formula is C19H10BrClF3N5O. The minimum atomic E-state index is -4.75. The van der Waals surface area contributed by atoms with Crippen LogP contribution in [0.4, 0.5) is 19.0 Å². The van der Waals surface area contributed by atoms with Crippen LogP contribution in [0.2, 0.25) is 5.02 Å². The van der Waals surface area contributed by atoms with Crippen LogP contribution in [0.15, 0.2) is 59.2 Å². The third kappa shape index (κ3) is 3.88. The number of rotatable bonds is 3. The van der Waals surface area contributed by atoms with Gasteiger partial charge >= 0.3 is 6.18 Å². The van der Waals surface area contributed by atoms with Crippen LogP contribution in [0.25, 0.3) is 16.9 Å². The molecule has 1 N–H and O–H groups in total. The molecule has 11 heteroatoms. The number of hydrogen-bond acceptors (Lipinski definition) is 4. The monoisotopic (exact) mass is 495 g/mol. The number of halogens is 5. The summed E-state index contributed by atoms with van der Waals surface area (Å²) in [6.45, 7) is 0. The van der Waals surface area contributed by atoms with Crippen molar-refractivity contribution in [2.75, 3.05) is 5.32 Å². The van der Waals surface area contributed by atoms with E-state index in [1.807, 2.05) is 0 Å². The van der Waals surface area contributed by atoms with E-state index in [0.29, 0.717) is 14.6 Å². The average molecular weight is 497 g/mol. The van der Waals surface area contributed by atoms with Crippen LogP contribution in [-0.4, -0.2) is 25.5 Å². The van der Waals surface area contributed by atoms with E-state index < -0.39 is 23.5 Å². The van der Waals surface area contributed by atoms with Crippen LogP contribution in [0.5, 0.6) is 0 Å². The maximum absolute atomic E-state index is 13.7. The maximum atomic E-state index is 13.7. The van der Waals surface area contributed by atoms with E-state index in [1.165, 1.54) is 12.3 Å². The predicted octanol–water partition coefficient (Wildman–Crippen LogP) is 5.48. The normalized spacial score (nSPS) is 11.6. The maximum Gasteiger partial charge on any atom is 0.433 e. The van der Waals surface area contributed by atoms with Crippen molar-refractivity contribution >= 4 is 44.9 Å². The highest BCUT2D eigenvalue weighted by molar-refractivity contribution is 9.10. The van der Waals surface area contributed by atoms with E-state index in [0.717, 1.165) is 6.07 Å². The first-order valence-electron chi connectivity index (χ1n) is 8.39. The van der Waals surface area contributed by atoms with Gasteiger partial charge < -0.3 is 5.32 Å². The van der Waals surface area contributed by atoms with Crippen molar-refractivity contribution in [3.8, 4) is 11.3 Å². The van der Waals surface area contributed by atoms with E-state index in [9.17, 15) is 18.0 Å². The number of aromatic nitrogens is 4. The van der Waals surface area contributed by atoms with Crippen molar-refractivity contribution in [1.29, 1.82) is 0 Å². The molecule has 0 radical (unpaired) electrons. The second-order valence-corrected chi connectivity index (χ2v) is 7.40. The van der Waals surface area contributed by atoms with Crippen molar-refractivity contribution in [1.82, 2.24) is 19.6 Å². The molecule has 1 amide bonds. The molecule has 1 aromatic carbocycles. The molecule has 0 aliphatic rings. The fraction of sp³-hybridized carbons (Fsp3) is 0.0526. The van der Waals surface area contributed by atoms with Crippen LogP contribution >= 0.6 is 27.5 Å². The molecule has 0 aliphatic carbocycles. The molecule has 152 valence electrons. The Morgan fingerprint density at radius 1 is 1.13 bits per heavy atom. The summed E-state index contributed by atoms with van der Waals surface area (Å²) in [7, 11) is 0. The highest BCUT2D eigenvalue weighted by Gasteiger charge is 2.36. The molecule has 30 heavy (non-hydrogen) atoms. The number of benzene rings is 1. The van der Waals surface area contributed by atoms with Gasteiger partial charge in [0.2, 0.25) is 0 Å². The fourth-order valence-corrected chi connectivity index (χ4v) is 3.20. The Morgan fingerprint density at radius 3 is 2.50 bits per heavy atom. The number of pyridine rings is 1. The molecule has 0 saturated carbocycles. The zero-order valence-electron chi connectivity index (χ0n) is 14.8.